The van der Waals surface area contributed by atoms with E-state index in [1.807, 2.05) is 11.0 Å². The van der Waals surface area contributed by atoms with E-state index in [0.29, 0.717) is 24.2 Å². The molecule has 1 atom stereocenters. The zero-order valence-corrected chi connectivity index (χ0v) is 16.4. The number of benzene rings is 1. The van der Waals surface area contributed by atoms with Gasteiger partial charge < -0.3 is 15.3 Å². The highest BCUT2D eigenvalue weighted by molar-refractivity contribution is 5.98. The van der Waals surface area contributed by atoms with Gasteiger partial charge in [-0.15, -0.1) is 0 Å². The van der Waals surface area contributed by atoms with Gasteiger partial charge in [0.15, 0.2) is 0 Å². The molecule has 1 aliphatic heterocycles. The number of nitrogens with zero attached hydrogens (tertiary/aromatic N) is 1. The normalized spacial score (nSPS) is 20.6. The van der Waals surface area contributed by atoms with Crippen LogP contribution >= 0.6 is 0 Å². The number of carbonyl (C=O) groups is 3. The summed E-state index contributed by atoms with van der Waals surface area (Å²) in [7, 11) is 0. The van der Waals surface area contributed by atoms with Crippen LogP contribution in [0.15, 0.2) is 24.3 Å². The third kappa shape index (κ3) is 5.33. The van der Waals surface area contributed by atoms with Crippen molar-refractivity contribution in [2.45, 2.75) is 70.3 Å². The van der Waals surface area contributed by atoms with Gasteiger partial charge in [-0.25, -0.2) is 0 Å². The van der Waals surface area contributed by atoms with Gasteiger partial charge in [-0.05, 0) is 56.7 Å². The highest BCUT2D eigenvalue weighted by Gasteiger charge is 2.28. The van der Waals surface area contributed by atoms with Gasteiger partial charge in [0.2, 0.25) is 5.91 Å². The van der Waals surface area contributed by atoms with Gasteiger partial charge in [-0.3, -0.25) is 14.4 Å². The molecule has 1 heterocycles. The van der Waals surface area contributed by atoms with Crippen molar-refractivity contribution < 1.29 is 19.5 Å². The highest BCUT2D eigenvalue weighted by atomic mass is 16.4. The number of carboxylic acids is 1. The second-order valence-corrected chi connectivity index (χ2v) is 7.99. The predicted molar refractivity (Wildman–Crippen MR) is 107 cm³/mol. The van der Waals surface area contributed by atoms with Crippen molar-refractivity contribution in [1.29, 1.82) is 0 Å². The number of carboxylic acid groups (broad SMARTS) is 1. The second kappa shape index (κ2) is 9.71. The Morgan fingerprint density at radius 2 is 1.79 bits per heavy atom. The first-order chi connectivity index (χ1) is 13.5. The lowest BCUT2D eigenvalue weighted by Crippen LogP contribution is -2.44. The molecule has 1 unspecified atom stereocenters. The van der Waals surface area contributed by atoms with Crippen LogP contribution in [0.5, 0.6) is 0 Å². The van der Waals surface area contributed by atoms with Gasteiger partial charge >= 0.3 is 5.97 Å². The van der Waals surface area contributed by atoms with Gasteiger partial charge in [-0.1, -0.05) is 25.3 Å². The van der Waals surface area contributed by atoms with Gasteiger partial charge in [0.1, 0.15) is 0 Å². The monoisotopic (exact) mass is 386 g/mol. The molecular weight excluding hydrogens is 356 g/mol. The van der Waals surface area contributed by atoms with Gasteiger partial charge in [0.25, 0.3) is 5.91 Å². The number of hydrogen-bond donors (Lipinski definition) is 2. The van der Waals surface area contributed by atoms with Crippen LogP contribution in [0.25, 0.3) is 0 Å². The molecule has 0 bridgehead atoms. The van der Waals surface area contributed by atoms with E-state index in [-0.39, 0.29) is 30.2 Å². The molecule has 1 aliphatic carbocycles. The van der Waals surface area contributed by atoms with Crippen LogP contribution in [-0.2, 0) is 9.59 Å². The number of anilines is 1. The molecule has 6 heteroatoms. The van der Waals surface area contributed by atoms with Crippen molar-refractivity contribution in [2.24, 2.45) is 5.92 Å². The molecule has 0 aromatic heterocycles. The summed E-state index contributed by atoms with van der Waals surface area (Å²) < 4.78 is 0. The molecule has 1 saturated carbocycles. The minimum absolute atomic E-state index is 0.0298. The summed E-state index contributed by atoms with van der Waals surface area (Å²) in [5, 5.41) is 11.9. The number of nitrogens with one attached hydrogen (secondary N) is 1. The van der Waals surface area contributed by atoms with Gasteiger partial charge in [0, 0.05) is 36.2 Å². The quantitative estimate of drug-likeness (QED) is 0.772. The summed E-state index contributed by atoms with van der Waals surface area (Å²) in [5.41, 5.74) is 1.20. The van der Waals surface area contributed by atoms with Crippen molar-refractivity contribution in [3.8, 4) is 0 Å². The van der Waals surface area contributed by atoms with Crippen molar-refractivity contribution in [2.75, 3.05) is 11.9 Å². The Bertz CT molecular complexity index is 712. The first-order valence-electron chi connectivity index (χ1n) is 10.5. The maximum atomic E-state index is 13.1. The molecule has 0 spiro atoms. The molecule has 2 amide bonds. The van der Waals surface area contributed by atoms with Crippen LogP contribution in [0.1, 0.15) is 74.6 Å². The van der Waals surface area contributed by atoms with Gasteiger partial charge in [-0.2, -0.15) is 0 Å². The fraction of sp³-hybridized carbons (Fsp3) is 0.591. The highest BCUT2D eigenvalue weighted by Crippen LogP contribution is 2.26. The van der Waals surface area contributed by atoms with E-state index in [2.05, 4.69) is 5.32 Å². The molecule has 2 aliphatic rings. The first-order valence-corrected chi connectivity index (χ1v) is 10.5. The number of likely N-dealkylation sites (tertiary alicyclic amines) is 1. The van der Waals surface area contributed by atoms with Crippen molar-refractivity contribution in [1.82, 2.24) is 4.90 Å². The molecule has 3 rings (SSSR count). The largest absolute Gasteiger partial charge is 0.481 e. The Labute approximate surface area is 166 Å². The molecular formula is C22H30N2O4. The van der Waals surface area contributed by atoms with Crippen LogP contribution < -0.4 is 5.32 Å². The summed E-state index contributed by atoms with van der Waals surface area (Å²) in [4.78, 5) is 38.3. The standard InChI is InChI=1S/C22H30N2O4/c25-20(26)13-12-19-11-4-5-14-24(19)22(28)17-9-6-10-18(15-17)23-21(27)16-7-2-1-3-8-16/h6,9-10,15-16,19H,1-5,7-8,11-14H2,(H,23,27)(H,25,26). The summed E-state index contributed by atoms with van der Waals surface area (Å²) in [6.07, 6.45) is 8.63. The number of carbonyl (C=O) groups excluding carboxylic acids is 2. The number of rotatable bonds is 6. The van der Waals surface area contributed by atoms with E-state index in [1.165, 1.54) is 6.42 Å². The Kier molecular flexibility index (Phi) is 7.06. The number of aliphatic carboxylic acids is 1. The smallest absolute Gasteiger partial charge is 0.303 e. The molecule has 2 fully saturated rings. The maximum absolute atomic E-state index is 13.1. The van der Waals surface area contributed by atoms with Crippen LogP contribution in [0, 0.1) is 5.92 Å². The lowest BCUT2D eigenvalue weighted by Gasteiger charge is -2.35. The third-order valence-electron chi connectivity index (χ3n) is 5.93. The van der Waals surface area contributed by atoms with E-state index >= 15 is 0 Å². The third-order valence-corrected chi connectivity index (χ3v) is 5.93. The van der Waals surface area contributed by atoms with Crippen molar-refractivity contribution in [3.63, 3.8) is 0 Å². The Balaban J connectivity index is 1.66. The number of amides is 2. The molecule has 1 saturated heterocycles. The molecule has 6 nitrogen and oxygen atoms in total. The lowest BCUT2D eigenvalue weighted by molar-refractivity contribution is -0.137. The van der Waals surface area contributed by atoms with E-state index in [4.69, 9.17) is 5.11 Å². The molecule has 152 valence electrons. The average molecular weight is 386 g/mol. The first kappa shape index (κ1) is 20.4. The lowest BCUT2D eigenvalue weighted by atomic mass is 9.88. The topological polar surface area (TPSA) is 86.7 Å². The zero-order valence-electron chi connectivity index (χ0n) is 16.4. The minimum atomic E-state index is -0.828. The Hall–Kier alpha value is -2.37. The fourth-order valence-corrected chi connectivity index (χ4v) is 4.36. The Morgan fingerprint density at radius 1 is 1.04 bits per heavy atom. The van der Waals surface area contributed by atoms with Gasteiger partial charge in [0.05, 0.1) is 0 Å². The van der Waals surface area contributed by atoms with Crippen molar-refractivity contribution in [3.05, 3.63) is 29.8 Å². The van der Waals surface area contributed by atoms with Crippen LogP contribution in [0.2, 0.25) is 0 Å². The zero-order chi connectivity index (χ0) is 19.9. The molecule has 2 N–H and O–H groups in total. The second-order valence-electron chi connectivity index (χ2n) is 7.99. The van der Waals surface area contributed by atoms with Crippen LogP contribution in [0.4, 0.5) is 5.69 Å². The summed E-state index contributed by atoms with van der Waals surface area (Å²) >= 11 is 0. The van der Waals surface area contributed by atoms with E-state index in [0.717, 1.165) is 44.9 Å². The van der Waals surface area contributed by atoms with Crippen molar-refractivity contribution >= 4 is 23.5 Å². The summed E-state index contributed by atoms with van der Waals surface area (Å²) in [5.74, 6) is -0.800. The number of piperidine rings is 1. The predicted octanol–water partition coefficient (Wildman–Crippen LogP) is 4.06. The molecule has 1 aromatic rings. The molecule has 0 radical (unpaired) electrons. The summed E-state index contributed by atoms with van der Waals surface area (Å²) in [6, 6.07) is 7.08. The molecule has 28 heavy (non-hydrogen) atoms. The van der Waals surface area contributed by atoms with E-state index in [1.54, 1.807) is 18.2 Å². The minimum Gasteiger partial charge on any atom is -0.481 e. The van der Waals surface area contributed by atoms with E-state index < -0.39 is 5.97 Å². The van der Waals surface area contributed by atoms with Crippen LogP contribution in [0.3, 0.4) is 0 Å². The molecule has 1 aromatic carbocycles. The van der Waals surface area contributed by atoms with Crippen LogP contribution in [-0.4, -0.2) is 40.4 Å². The maximum Gasteiger partial charge on any atom is 0.303 e. The average Bonchev–Trinajstić information content (AvgIpc) is 2.72. The summed E-state index contributed by atoms with van der Waals surface area (Å²) in [6.45, 7) is 0.655. The van der Waals surface area contributed by atoms with E-state index in [9.17, 15) is 14.4 Å². The fourth-order valence-electron chi connectivity index (χ4n) is 4.36. The Morgan fingerprint density at radius 3 is 2.54 bits per heavy atom. The SMILES string of the molecule is O=C(O)CCC1CCCCN1C(=O)c1cccc(NC(=O)C2CCCCC2)c1. The number of hydrogen-bond acceptors (Lipinski definition) is 3.